The predicted octanol–water partition coefficient (Wildman–Crippen LogP) is 4.45. The van der Waals surface area contributed by atoms with Crippen molar-refractivity contribution >= 4 is 45.4 Å². The van der Waals surface area contributed by atoms with Crippen molar-refractivity contribution in [3.63, 3.8) is 0 Å². The highest BCUT2D eigenvalue weighted by Crippen LogP contribution is 2.27. The van der Waals surface area contributed by atoms with E-state index in [1.807, 2.05) is 13.0 Å². The van der Waals surface area contributed by atoms with E-state index in [2.05, 4.69) is 4.98 Å². The molecular formula is C16H14ClN3O3S. The largest absolute Gasteiger partial charge is 0.360 e. The van der Waals surface area contributed by atoms with Gasteiger partial charge in [0, 0.05) is 40.7 Å². The monoisotopic (exact) mass is 363 g/mol. The van der Waals surface area contributed by atoms with E-state index in [0.717, 1.165) is 4.88 Å². The fourth-order valence-corrected chi connectivity index (χ4v) is 3.62. The zero-order valence-corrected chi connectivity index (χ0v) is 14.4. The Hall–Kier alpha value is -2.38. The summed E-state index contributed by atoms with van der Waals surface area (Å²) in [5.74, 6) is -0.172. The first-order valence-electron chi connectivity index (χ1n) is 7.28. The molecule has 1 amide bonds. The SMILES string of the molecule is CCN(Cc1ccc(Cl)s1)C(=O)c1c[nH]c2ccc([N+](=O)[O-])cc12. The zero-order valence-electron chi connectivity index (χ0n) is 12.8. The van der Waals surface area contributed by atoms with Crippen LogP contribution in [0.2, 0.25) is 4.34 Å². The lowest BCUT2D eigenvalue weighted by Gasteiger charge is -2.19. The first-order chi connectivity index (χ1) is 11.5. The summed E-state index contributed by atoms with van der Waals surface area (Å²) in [6.45, 7) is 2.87. The van der Waals surface area contributed by atoms with Crippen LogP contribution in [0.25, 0.3) is 10.9 Å². The molecule has 1 aromatic carbocycles. The number of fused-ring (bicyclic) bond motifs is 1. The van der Waals surface area contributed by atoms with E-state index in [4.69, 9.17) is 11.6 Å². The molecule has 0 atom stereocenters. The first kappa shape index (κ1) is 16.5. The van der Waals surface area contributed by atoms with Gasteiger partial charge in [-0.25, -0.2) is 0 Å². The van der Waals surface area contributed by atoms with Gasteiger partial charge in [-0.05, 0) is 25.1 Å². The smallest absolute Gasteiger partial charge is 0.270 e. The third kappa shape index (κ3) is 3.13. The number of hydrogen-bond acceptors (Lipinski definition) is 4. The number of nitrogens with zero attached hydrogens (tertiary/aromatic N) is 2. The van der Waals surface area contributed by atoms with Gasteiger partial charge in [-0.2, -0.15) is 0 Å². The molecule has 3 aromatic rings. The zero-order chi connectivity index (χ0) is 17.3. The summed E-state index contributed by atoms with van der Waals surface area (Å²) in [5.41, 5.74) is 1.08. The Morgan fingerprint density at radius 1 is 1.38 bits per heavy atom. The van der Waals surface area contributed by atoms with Crippen LogP contribution in [0.1, 0.15) is 22.2 Å². The van der Waals surface area contributed by atoms with Crippen molar-refractivity contribution in [2.45, 2.75) is 13.5 Å². The summed E-state index contributed by atoms with van der Waals surface area (Å²) < 4.78 is 0.677. The molecule has 0 aliphatic carbocycles. The number of rotatable bonds is 5. The normalized spacial score (nSPS) is 10.9. The van der Waals surface area contributed by atoms with E-state index in [9.17, 15) is 14.9 Å². The highest BCUT2D eigenvalue weighted by atomic mass is 35.5. The molecule has 0 saturated heterocycles. The number of amides is 1. The van der Waals surface area contributed by atoms with Crippen molar-refractivity contribution in [3.05, 3.63) is 61.4 Å². The van der Waals surface area contributed by atoms with Crippen LogP contribution in [-0.4, -0.2) is 27.3 Å². The van der Waals surface area contributed by atoms with Crippen molar-refractivity contribution in [2.24, 2.45) is 0 Å². The summed E-state index contributed by atoms with van der Waals surface area (Å²) in [6.07, 6.45) is 1.60. The van der Waals surface area contributed by atoms with Crippen LogP contribution in [0, 0.1) is 10.1 Å². The van der Waals surface area contributed by atoms with Crippen LogP contribution in [-0.2, 0) is 6.54 Å². The average Bonchev–Trinajstić information content (AvgIpc) is 3.17. The highest BCUT2D eigenvalue weighted by Gasteiger charge is 2.20. The molecule has 0 aliphatic heterocycles. The molecule has 0 spiro atoms. The number of aromatic amines is 1. The van der Waals surface area contributed by atoms with Crippen molar-refractivity contribution in [1.82, 2.24) is 9.88 Å². The first-order valence-corrected chi connectivity index (χ1v) is 8.48. The molecule has 0 radical (unpaired) electrons. The number of carbonyl (C=O) groups excluding carboxylic acids is 1. The Balaban J connectivity index is 1.94. The minimum atomic E-state index is -0.466. The van der Waals surface area contributed by atoms with Crippen LogP contribution >= 0.6 is 22.9 Å². The third-order valence-electron chi connectivity index (χ3n) is 3.75. The van der Waals surface area contributed by atoms with E-state index in [-0.39, 0.29) is 11.6 Å². The van der Waals surface area contributed by atoms with E-state index in [1.54, 1.807) is 23.2 Å². The van der Waals surface area contributed by atoms with Crippen molar-refractivity contribution in [3.8, 4) is 0 Å². The summed E-state index contributed by atoms with van der Waals surface area (Å²) in [7, 11) is 0. The lowest BCUT2D eigenvalue weighted by atomic mass is 10.1. The molecule has 124 valence electrons. The van der Waals surface area contributed by atoms with Gasteiger partial charge in [-0.1, -0.05) is 11.6 Å². The number of benzene rings is 1. The number of nitro benzene ring substituents is 1. The molecule has 8 heteroatoms. The molecule has 24 heavy (non-hydrogen) atoms. The second kappa shape index (κ2) is 6.62. The van der Waals surface area contributed by atoms with Gasteiger partial charge in [0.2, 0.25) is 0 Å². The highest BCUT2D eigenvalue weighted by molar-refractivity contribution is 7.16. The second-order valence-corrected chi connectivity index (χ2v) is 7.01. The number of H-pyrrole nitrogens is 1. The maximum absolute atomic E-state index is 12.9. The minimum absolute atomic E-state index is 0.0377. The topological polar surface area (TPSA) is 79.2 Å². The van der Waals surface area contributed by atoms with Crippen LogP contribution in [0.4, 0.5) is 5.69 Å². The summed E-state index contributed by atoms with van der Waals surface area (Å²) in [5, 5.41) is 11.5. The lowest BCUT2D eigenvalue weighted by Crippen LogP contribution is -2.29. The van der Waals surface area contributed by atoms with Crippen LogP contribution < -0.4 is 0 Å². The molecular weight excluding hydrogens is 350 g/mol. The summed E-state index contributed by atoms with van der Waals surface area (Å²) >= 11 is 7.37. The number of thiophene rings is 1. The Labute approximate surface area is 146 Å². The van der Waals surface area contributed by atoms with E-state index >= 15 is 0 Å². The Kier molecular flexibility index (Phi) is 4.55. The number of halogens is 1. The molecule has 0 bridgehead atoms. The molecule has 0 unspecified atom stereocenters. The average molecular weight is 364 g/mol. The molecule has 0 fully saturated rings. The molecule has 6 nitrogen and oxygen atoms in total. The molecule has 1 N–H and O–H groups in total. The van der Waals surface area contributed by atoms with Gasteiger partial charge in [0.15, 0.2) is 0 Å². The van der Waals surface area contributed by atoms with Gasteiger partial charge in [0.1, 0.15) is 0 Å². The van der Waals surface area contributed by atoms with E-state index < -0.39 is 4.92 Å². The number of non-ortho nitro benzene ring substituents is 1. The van der Waals surface area contributed by atoms with Gasteiger partial charge in [0.25, 0.3) is 11.6 Å². The molecule has 0 saturated carbocycles. The van der Waals surface area contributed by atoms with Crippen LogP contribution in [0.5, 0.6) is 0 Å². The number of nitrogens with one attached hydrogen (secondary N) is 1. The van der Waals surface area contributed by atoms with Crippen molar-refractivity contribution < 1.29 is 9.72 Å². The minimum Gasteiger partial charge on any atom is -0.360 e. The quantitative estimate of drug-likeness (QED) is 0.537. The Bertz CT molecular complexity index is 918. The van der Waals surface area contributed by atoms with Gasteiger partial charge < -0.3 is 9.88 Å². The molecule has 3 rings (SSSR count). The number of hydrogen-bond donors (Lipinski definition) is 1. The maximum Gasteiger partial charge on any atom is 0.270 e. The molecule has 0 aliphatic rings. The van der Waals surface area contributed by atoms with Crippen LogP contribution in [0.3, 0.4) is 0 Å². The number of aromatic nitrogens is 1. The van der Waals surface area contributed by atoms with Crippen LogP contribution in [0.15, 0.2) is 36.5 Å². The van der Waals surface area contributed by atoms with E-state index in [0.29, 0.717) is 33.9 Å². The Morgan fingerprint density at radius 3 is 2.79 bits per heavy atom. The van der Waals surface area contributed by atoms with Crippen molar-refractivity contribution in [2.75, 3.05) is 6.54 Å². The standard InChI is InChI=1S/C16H14ClN3O3S/c1-2-19(9-11-4-6-15(17)24-11)16(21)13-8-18-14-5-3-10(20(22)23)7-12(13)14/h3-8,18H,2,9H2,1H3. The Morgan fingerprint density at radius 2 is 2.17 bits per heavy atom. The van der Waals surface area contributed by atoms with Gasteiger partial charge in [0.05, 0.1) is 21.4 Å². The fourth-order valence-electron chi connectivity index (χ4n) is 2.52. The van der Waals surface area contributed by atoms with Gasteiger partial charge in [-0.3, -0.25) is 14.9 Å². The summed E-state index contributed by atoms with van der Waals surface area (Å²) in [6, 6.07) is 8.14. The van der Waals surface area contributed by atoms with Gasteiger partial charge >= 0.3 is 0 Å². The predicted molar refractivity (Wildman–Crippen MR) is 94.7 cm³/mol. The molecule has 2 heterocycles. The number of carbonyl (C=O) groups is 1. The fraction of sp³-hybridized carbons (Fsp3) is 0.188. The molecule has 2 aromatic heterocycles. The van der Waals surface area contributed by atoms with Crippen molar-refractivity contribution in [1.29, 1.82) is 0 Å². The second-order valence-electron chi connectivity index (χ2n) is 5.21. The number of nitro groups is 1. The van der Waals surface area contributed by atoms with Gasteiger partial charge in [-0.15, -0.1) is 11.3 Å². The summed E-state index contributed by atoms with van der Waals surface area (Å²) in [4.78, 5) is 29.0. The third-order valence-corrected chi connectivity index (χ3v) is 4.97. The van der Waals surface area contributed by atoms with E-state index in [1.165, 1.54) is 23.5 Å². The lowest BCUT2D eigenvalue weighted by molar-refractivity contribution is -0.384. The maximum atomic E-state index is 12.9.